The molecule has 0 bridgehead atoms. The van der Waals surface area contributed by atoms with Crippen LogP contribution in [0.1, 0.15) is 30.7 Å². The van der Waals surface area contributed by atoms with Crippen LogP contribution in [0.3, 0.4) is 0 Å². The van der Waals surface area contributed by atoms with Gasteiger partial charge in [0, 0.05) is 6.04 Å². The van der Waals surface area contributed by atoms with Crippen LogP contribution in [-0.4, -0.2) is 25.7 Å². The average molecular weight is 283 g/mol. The molecule has 3 nitrogen and oxygen atoms in total. The second kappa shape index (κ2) is 6.27. The summed E-state index contributed by atoms with van der Waals surface area (Å²) in [5.74, 6) is -0.371. The first-order valence-corrected chi connectivity index (χ1v) is 7.59. The lowest BCUT2D eigenvalue weighted by Crippen LogP contribution is -2.42. The topological polar surface area (TPSA) is 38.3 Å². The number of ether oxygens (including phenoxy) is 1. The smallest absolute Gasteiger partial charge is 0.314 e. The lowest BCUT2D eigenvalue weighted by atomic mass is 9.85. The van der Waals surface area contributed by atoms with Crippen LogP contribution in [0.25, 0.3) is 10.8 Å². The molecular formula is C18H21NO2. The standard InChI is InChI=1S/C18H21NO2/c1-21-18(20)17(16-8-4-5-11-19-16)15-10-9-13-6-2-3-7-14(13)12-15/h2-3,6-7,9-10,12,16-17,19H,4-5,8,11H2,1H3. The molecule has 1 heterocycles. The number of benzene rings is 2. The number of rotatable bonds is 3. The van der Waals surface area contributed by atoms with Crippen LogP contribution in [0.4, 0.5) is 0 Å². The normalized spacial score (nSPS) is 20.1. The summed E-state index contributed by atoms with van der Waals surface area (Å²) >= 11 is 0. The highest BCUT2D eigenvalue weighted by molar-refractivity contribution is 5.86. The lowest BCUT2D eigenvalue weighted by molar-refractivity contribution is -0.143. The molecule has 21 heavy (non-hydrogen) atoms. The highest BCUT2D eigenvalue weighted by Crippen LogP contribution is 2.29. The summed E-state index contributed by atoms with van der Waals surface area (Å²) in [4.78, 5) is 12.3. The Morgan fingerprint density at radius 3 is 2.71 bits per heavy atom. The lowest BCUT2D eigenvalue weighted by Gasteiger charge is -2.30. The minimum absolute atomic E-state index is 0.148. The van der Waals surface area contributed by atoms with Gasteiger partial charge in [0.2, 0.25) is 0 Å². The van der Waals surface area contributed by atoms with Gasteiger partial charge in [0.1, 0.15) is 0 Å². The summed E-state index contributed by atoms with van der Waals surface area (Å²) in [6.07, 6.45) is 3.37. The van der Waals surface area contributed by atoms with Crippen molar-refractivity contribution in [3.05, 3.63) is 48.0 Å². The molecule has 0 spiro atoms. The number of hydrogen-bond acceptors (Lipinski definition) is 3. The van der Waals surface area contributed by atoms with Crippen molar-refractivity contribution in [3.8, 4) is 0 Å². The van der Waals surface area contributed by atoms with E-state index in [0.29, 0.717) is 0 Å². The molecule has 3 heteroatoms. The third-order valence-corrected chi connectivity index (χ3v) is 4.34. The summed E-state index contributed by atoms with van der Waals surface area (Å²) in [5, 5.41) is 5.84. The van der Waals surface area contributed by atoms with E-state index in [1.165, 1.54) is 30.7 Å². The van der Waals surface area contributed by atoms with Crippen LogP contribution in [0.2, 0.25) is 0 Å². The first-order valence-electron chi connectivity index (χ1n) is 7.59. The van der Waals surface area contributed by atoms with Crippen molar-refractivity contribution in [3.63, 3.8) is 0 Å². The van der Waals surface area contributed by atoms with E-state index in [0.717, 1.165) is 18.5 Å². The summed E-state index contributed by atoms with van der Waals surface area (Å²) in [5.41, 5.74) is 1.04. The molecule has 0 aliphatic carbocycles. The van der Waals surface area contributed by atoms with E-state index < -0.39 is 0 Å². The molecule has 1 saturated heterocycles. The fourth-order valence-electron chi connectivity index (χ4n) is 3.22. The molecule has 1 aliphatic heterocycles. The molecule has 2 aromatic rings. The minimum atomic E-state index is -0.222. The molecule has 0 saturated carbocycles. The number of esters is 1. The van der Waals surface area contributed by atoms with Gasteiger partial charge in [-0.15, -0.1) is 0 Å². The Balaban J connectivity index is 1.98. The molecule has 2 unspecified atom stereocenters. The van der Waals surface area contributed by atoms with Gasteiger partial charge in [0.05, 0.1) is 13.0 Å². The molecule has 0 aromatic heterocycles. The Hall–Kier alpha value is -1.87. The maximum absolute atomic E-state index is 12.3. The number of fused-ring (bicyclic) bond motifs is 1. The SMILES string of the molecule is COC(=O)C(c1ccc2ccccc2c1)C1CCCCN1. The molecule has 2 atom stereocenters. The van der Waals surface area contributed by atoms with Gasteiger partial charge in [-0.05, 0) is 35.7 Å². The molecular weight excluding hydrogens is 262 g/mol. The van der Waals surface area contributed by atoms with Gasteiger partial charge < -0.3 is 10.1 Å². The zero-order valence-electron chi connectivity index (χ0n) is 12.3. The van der Waals surface area contributed by atoms with E-state index in [1.807, 2.05) is 12.1 Å². The van der Waals surface area contributed by atoms with Crippen molar-refractivity contribution >= 4 is 16.7 Å². The molecule has 0 radical (unpaired) electrons. The van der Waals surface area contributed by atoms with E-state index in [2.05, 4.69) is 35.6 Å². The highest BCUT2D eigenvalue weighted by atomic mass is 16.5. The number of nitrogens with one attached hydrogen (secondary N) is 1. The van der Waals surface area contributed by atoms with E-state index in [1.54, 1.807) is 0 Å². The van der Waals surface area contributed by atoms with Crippen LogP contribution < -0.4 is 5.32 Å². The van der Waals surface area contributed by atoms with Crippen molar-refractivity contribution in [2.24, 2.45) is 0 Å². The molecule has 0 amide bonds. The van der Waals surface area contributed by atoms with Gasteiger partial charge in [-0.3, -0.25) is 4.79 Å². The fourth-order valence-corrected chi connectivity index (χ4v) is 3.22. The second-order valence-corrected chi connectivity index (χ2v) is 5.66. The van der Waals surface area contributed by atoms with Crippen molar-refractivity contribution < 1.29 is 9.53 Å². The Labute approximate surface area is 125 Å². The van der Waals surface area contributed by atoms with Gasteiger partial charge in [0.25, 0.3) is 0 Å². The zero-order chi connectivity index (χ0) is 14.7. The Bertz CT molecular complexity index is 632. The van der Waals surface area contributed by atoms with Gasteiger partial charge in [-0.25, -0.2) is 0 Å². The molecule has 3 rings (SSSR count). The monoisotopic (exact) mass is 283 g/mol. The van der Waals surface area contributed by atoms with E-state index >= 15 is 0 Å². The number of hydrogen-bond donors (Lipinski definition) is 1. The van der Waals surface area contributed by atoms with E-state index in [-0.39, 0.29) is 17.9 Å². The Morgan fingerprint density at radius 2 is 2.00 bits per heavy atom. The predicted molar refractivity (Wildman–Crippen MR) is 84.3 cm³/mol. The molecule has 2 aromatic carbocycles. The maximum Gasteiger partial charge on any atom is 0.314 e. The van der Waals surface area contributed by atoms with Gasteiger partial charge in [-0.2, -0.15) is 0 Å². The predicted octanol–water partition coefficient (Wildman–Crippen LogP) is 3.24. The first kappa shape index (κ1) is 14.1. The maximum atomic E-state index is 12.3. The number of carbonyl (C=O) groups excluding carboxylic acids is 1. The van der Waals surface area contributed by atoms with E-state index in [9.17, 15) is 4.79 Å². The van der Waals surface area contributed by atoms with Crippen LogP contribution in [0.5, 0.6) is 0 Å². The number of piperidine rings is 1. The Kier molecular flexibility index (Phi) is 4.20. The third kappa shape index (κ3) is 2.93. The average Bonchev–Trinajstić information content (AvgIpc) is 2.56. The summed E-state index contributed by atoms with van der Waals surface area (Å²) < 4.78 is 5.05. The van der Waals surface area contributed by atoms with Crippen LogP contribution in [0.15, 0.2) is 42.5 Å². The van der Waals surface area contributed by atoms with Crippen LogP contribution in [-0.2, 0) is 9.53 Å². The van der Waals surface area contributed by atoms with Crippen molar-refractivity contribution in [2.45, 2.75) is 31.2 Å². The second-order valence-electron chi connectivity index (χ2n) is 5.66. The Morgan fingerprint density at radius 1 is 1.19 bits per heavy atom. The van der Waals surface area contributed by atoms with Gasteiger partial charge >= 0.3 is 5.97 Å². The van der Waals surface area contributed by atoms with Crippen molar-refractivity contribution in [2.75, 3.05) is 13.7 Å². The largest absolute Gasteiger partial charge is 0.469 e. The zero-order valence-corrected chi connectivity index (χ0v) is 12.3. The first-order chi connectivity index (χ1) is 10.3. The van der Waals surface area contributed by atoms with Crippen LogP contribution in [0, 0.1) is 0 Å². The van der Waals surface area contributed by atoms with Gasteiger partial charge in [0.15, 0.2) is 0 Å². The summed E-state index contributed by atoms with van der Waals surface area (Å²) in [6.45, 7) is 0.978. The van der Waals surface area contributed by atoms with Crippen molar-refractivity contribution in [1.29, 1.82) is 0 Å². The molecule has 110 valence electrons. The third-order valence-electron chi connectivity index (χ3n) is 4.34. The number of methoxy groups -OCH3 is 1. The van der Waals surface area contributed by atoms with Crippen molar-refractivity contribution in [1.82, 2.24) is 5.32 Å². The molecule has 1 N–H and O–H groups in total. The number of carbonyl (C=O) groups is 1. The fraction of sp³-hybridized carbons (Fsp3) is 0.389. The quantitative estimate of drug-likeness (QED) is 0.879. The highest BCUT2D eigenvalue weighted by Gasteiger charge is 2.31. The summed E-state index contributed by atoms with van der Waals surface area (Å²) in [7, 11) is 1.47. The summed E-state index contributed by atoms with van der Waals surface area (Å²) in [6, 6.07) is 14.7. The molecule has 1 fully saturated rings. The van der Waals surface area contributed by atoms with Gasteiger partial charge in [-0.1, -0.05) is 48.9 Å². The minimum Gasteiger partial charge on any atom is -0.469 e. The van der Waals surface area contributed by atoms with E-state index in [4.69, 9.17) is 4.74 Å². The molecule has 1 aliphatic rings. The van der Waals surface area contributed by atoms with Crippen LogP contribution >= 0.6 is 0 Å².